The zero-order valence-electron chi connectivity index (χ0n) is 22.8. The highest BCUT2D eigenvalue weighted by atomic mass is 32.1. The van der Waals surface area contributed by atoms with Crippen LogP contribution in [0.1, 0.15) is 65.0 Å². The molecule has 0 amide bonds. The number of aromatic nitrogens is 2. The number of halogens is 3. The number of hydrogen-bond acceptors (Lipinski definition) is 8. The molecule has 2 atom stereocenters. The summed E-state index contributed by atoms with van der Waals surface area (Å²) in [5.41, 5.74) is 1.97. The number of aryl methyl sites for hydroxylation is 1. The number of rotatable bonds is 13. The first-order chi connectivity index (χ1) is 19.1. The van der Waals surface area contributed by atoms with Gasteiger partial charge in [-0.3, -0.25) is 9.59 Å². The minimum atomic E-state index is -2.61. The Balaban J connectivity index is 1.31. The molecule has 3 aromatic rings. The topological polar surface area (TPSA) is 84.4 Å². The maximum Gasteiger partial charge on any atom is 0.255 e. The summed E-state index contributed by atoms with van der Waals surface area (Å²) in [6.07, 6.45) is 0.337. The smallest absolute Gasteiger partial charge is 0.255 e. The number of nitrogens with one attached hydrogen (secondary N) is 1. The van der Waals surface area contributed by atoms with Crippen LogP contribution in [-0.4, -0.2) is 53.7 Å². The van der Waals surface area contributed by atoms with Crippen LogP contribution in [0.2, 0.25) is 0 Å². The summed E-state index contributed by atoms with van der Waals surface area (Å²) < 4.78 is 46.0. The number of carbonyl (C=O) groups excluding carboxylic acids is 2. The second kappa shape index (κ2) is 13.3. The van der Waals surface area contributed by atoms with Crippen LogP contribution in [-0.2, 0) is 11.2 Å². The Labute approximate surface area is 235 Å². The molecule has 1 N–H and O–H groups in total. The third kappa shape index (κ3) is 7.38. The number of hydrogen-bond donors (Lipinski definition) is 1. The van der Waals surface area contributed by atoms with Gasteiger partial charge in [0.1, 0.15) is 22.6 Å². The standard InChI is InChI=1S/C29H33F3N4O3S/c1-4-20(37)14-26-35-18(3)28(40-26)24(38)13-17(2)19-5-7-21(8-6-19)39-22-10-12-36(16-22)23-9-11-33-29(27(23)32)34-15-25(30)31/h5-9,11,17,22,25H,4,10,12-16H2,1-3H3,(H,33,34)/t17-,22-/m1/s1. The van der Waals surface area contributed by atoms with Gasteiger partial charge in [-0.05, 0) is 36.6 Å². The van der Waals surface area contributed by atoms with Gasteiger partial charge in [-0.25, -0.2) is 23.1 Å². The van der Waals surface area contributed by atoms with Crippen LogP contribution in [0.3, 0.4) is 0 Å². The average molecular weight is 575 g/mol. The van der Waals surface area contributed by atoms with E-state index in [1.54, 1.807) is 6.92 Å². The molecule has 0 bridgehead atoms. The normalized spacial score (nSPS) is 15.9. The van der Waals surface area contributed by atoms with Crippen molar-refractivity contribution in [2.24, 2.45) is 0 Å². The van der Waals surface area contributed by atoms with E-state index in [4.69, 9.17) is 4.74 Å². The van der Waals surface area contributed by atoms with Gasteiger partial charge in [-0.15, -0.1) is 11.3 Å². The molecule has 0 spiro atoms. The average Bonchev–Trinajstić information content (AvgIpc) is 3.54. The maximum absolute atomic E-state index is 14.8. The fraction of sp³-hybridized carbons (Fsp3) is 0.448. The highest BCUT2D eigenvalue weighted by Crippen LogP contribution is 2.30. The molecule has 1 aromatic carbocycles. The van der Waals surface area contributed by atoms with Gasteiger partial charge in [-0.2, -0.15) is 0 Å². The molecule has 1 aliphatic rings. The molecule has 3 heterocycles. The van der Waals surface area contributed by atoms with E-state index in [2.05, 4.69) is 15.3 Å². The third-order valence-electron chi connectivity index (χ3n) is 6.86. The van der Waals surface area contributed by atoms with E-state index in [-0.39, 0.29) is 35.8 Å². The van der Waals surface area contributed by atoms with Crippen molar-refractivity contribution in [3.8, 4) is 5.75 Å². The fourth-order valence-corrected chi connectivity index (χ4v) is 5.70. The van der Waals surface area contributed by atoms with E-state index in [1.165, 1.54) is 23.6 Å². The molecule has 0 aliphatic carbocycles. The van der Waals surface area contributed by atoms with E-state index in [0.29, 0.717) is 59.4 Å². The quantitative estimate of drug-likeness (QED) is 0.243. The lowest BCUT2D eigenvalue weighted by atomic mass is 9.95. The molecular formula is C29H33F3N4O3S. The predicted molar refractivity (Wildman–Crippen MR) is 150 cm³/mol. The number of pyridine rings is 1. The summed E-state index contributed by atoms with van der Waals surface area (Å²) in [5.74, 6) is -0.0773. The SMILES string of the molecule is CCC(=O)Cc1nc(C)c(C(=O)C[C@@H](C)c2ccc(O[C@@H]3CCN(c4ccnc(NCC(F)F)c4F)C3)cc2)s1. The van der Waals surface area contributed by atoms with Gasteiger partial charge in [0.05, 0.1) is 35.8 Å². The first-order valence-electron chi connectivity index (χ1n) is 13.3. The molecule has 1 fully saturated rings. The maximum atomic E-state index is 14.8. The summed E-state index contributed by atoms with van der Waals surface area (Å²) >= 11 is 1.31. The van der Waals surface area contributed by atoms with E-state index in [0.717, 1.165) is 5.56 Å². The number of alkyl halides is 2. The monoisotopic (exact) mass is 574 g/mol. The van der Waals surface area contributed by atoms with Crippen molar-refractivity contribution in [1.82, 2.24) is 9.97 Å². The van der Waals surface area contributed by atoms with E-state index in [1.807, 2.05) is 43.0 Å². The van der Waals surface area contributed by atoms with Crippen molar-refractivity contribution in [1.29, 1.82) is 0 Å². The Kier molecular flexibility index (Phi) is 9.78. The van der Waals surface area contributed by atoms with E-state index in [9.17, 15) is 22.8 Å². The third-order valence-corrected chi connectivity index (χ3v) is 8.06. The lowest BCUT2D eigenvalue weighted by molar-refractivity contribution is -0.118. The molecule has 214 valence electrons. The molecule has 0 saturated carbocycles. The minimum absolute atomic E-state index is 0.0139. The van der Waals surface area contributed by atoms with Crippen molar-refractivity contribution >= 4 is 34.4 Å². The predicted octanol–water partition coefficient (Wildman–Crippen LogP) is 6.22. The Bertz CT molecular complexity index is 1330. The zero-order valence-corrected chi connectivity index (χ0v) is 23.6. The molecule has 1 saturated heterocycles. The summed E-state index contributed by atoms with van der Waals surface area (Å²) in [6, 6.07) is 9.14. The zero-order chi connectivity index (χ0) is 28.8. The van der Waals surface area contributed by atoms with Crippen molar-refractivity contribution in [2.45, 2.75) is 64.9 Å². The lowest BCUT2D eigenvalue weighted by Gasteiger charge is -2.21. The van der Waals surface area contributed by atoms with Crippen LogP contribution in [0, 0.1) is 12.7 Å². The van der Waals surface area contributed by atoms with Crippen molar-refractivity contribution < 1.29 is 27.5 Å². The van der Waals surface area contributed by atoms with Crippen molar-refractivity contribution in [3.05, 3.63) is 63.5 Å². The van der Waals surface area contributed by atoms with Crippen LogP contribution in [0.4, 0.5) is 24.7 Å². The van der Waals surface area contributed by atoms with Crippen molar-refractivity contribution in [2.75, 3.05) is 29.9 Å². The first kappa shape index (κ1) is 29.5. The molecule has 11 heteroatoms. The van der Waals surface area contributed by atoms with Gasteiger partial charge >= 0.3 is 0 Å². The van der Waals surface area contributed by atoms with Crippen LogP contribution >= 0.6 is 11.3 Å². The fourth-order valence-electron chi connectivity index (χ4n) is 4.65. The molecule has 4 rings (SSSR count). The highest BCUT2D eigenvalue weighted by molar-refractivity contribution is 7.14. The van der Waals surface area contributed by atoms with Gasteiger partial charge in [0.15, 0.2) is 17.4 Å². The van der Waals surface area contributed by atoms with Crippen LogP contribution in [0.25, 0.3) is 0 Å². The Morgan fingerprint density at radius 2 is 1.98 bits per heavy atom. The number of nitrogens with zero attached hydrogens (tertiary/aromatic N) is 3. The Morgan fingerprint density at radius 1 is 1.23 bits per heavy atom. The molecule has 1 aliphatic heterocycles. The van der Waals surface area contributed by atoms with E-state index < -0.39 is 18.8 Å². The van der Waals surface area contributed by atoms with Crippen LogP contribution in [0.15, 0.2) is 36.5 Å². The van der Waals surface area contributed by atoms with Gasteiger partial charge in [0.2, 0.25) is 0 Å². The van der Waals surface area contributed by atoms with Crippen LogP contribution in [0.5, 0.6) is 5.75 Å². The summed E-state index contributed by atoms with van der Waals surface area (Å²) in [5, 5.41) is 3.03. The second-order valence-corrected chi connectivity index (χ2v) is 11.0. The number of anilines is 2. The number of ether oxygens (including phenoxy) is 1. The molecule has 40 heavy (non-hydrogen) atoms. The lowest BCUT2D eigenvalue weighted by Crippen LogP contribution is -2.25. The summed E-state index contributed by atoms with van der Waals surface area (Å²) in [7, 11) is 0. The van der Waals surface area contributed by atoms with Gasteiger partial charge in [-0.1, -0.05) is 26.0 Å². The number of ketones is 2. The van der Waals surface area contributed by atoms with Crippen LogP contribution < -0.4 is 15.0 Å². The van der Waals surface area contributed by atoms with E-state index >= 15 is 0 Å². The molecule has 0 unspecified atom stereocenters. The number of Topliss-reactive ketones (excluding diaryl/α,β-unsaturated/α-hetero) is 2. The van der Waals surface area contributed by atoms with Crippen molar-refractivity contribution in [3.63, 3.8) is 0 Å². The molecule has 0 radical (unpaired) electrons. The summed E-state index contributed by atoms with van der Waals surface area (Å²) in [4.78, 5) is 35.4. The number of thiazole rings is 1. The molecule has 2 aromatic heterocycles. The Hall–Kier alpha value is -3.47. The van der Waals surface area contributed by atoms with Gasteiger partial charge < -0.3 is 15.0 Å². The largest absolute Gasteiger partial charge is 0.489 e. The number of benzene rings is 1. The highest BCUT2D eigenvalue weighted by Gasteiger charge is 2.27. The second-order valence-electron chi connectivity index (χ2n) is 9.93. The minimum Gasteiger partial charge on any atom is -0.489 e. The first-order valence-corrected chi connectivity index (χ1v) is 14.2. The van der Waals surface area contributed by atoms with Gasteiger partial charge in [0, 0.05) is 32.0 Å². The molecule has 7 nitrogen and oxygen atoms in total. The number of carbonyl (C=O) groups is 2. The molecular weight excluding hydrogens is 541 g/mol. The summed E-state index contributed by atoms with van der Waals surface area (Å²) in [6.45, 7) is 5.94. The Morgan fingerprint density at radius 3 is 2.67 bits per heavy atom. The van der Waals surface area contributed by atoms with Gasteiger partial charge in [0.25, 0.3) is 6.43 Å².